The van der Waals surface area contributed by atoms with Crippen molar-refractivity contribution < 1.29 is 4.79 Å². The summed E-state index contributed by atoms with van der Waals surface area (Å²) in [4.78, 5) is 14.4. The van der Waals surface area contributed by atoms with Crippen LogP contribution >= 0.6 is 0 Å². The van der Waals surface area contributed by atoms with Gasteiger partial charge in [0.25, 0.3) is 0 Å². The van der Waals surface area contributed by atoms with E-state index in [-0.39, 0.29) is 11.9 Å². The molecule has 1 unspecified atom stereocenters. The minimum atomic E-state index is 0.146. The summed E-state index contributed by atoms with van der Waals surface area (Å²) < 4.78 is 0. The van der Waals surface area contributed by atoms with Gasteiger partial charge in [-0.15, -0.1) is 0 Å². The minimum absolute atomic E-state index is 0.146. The van der Waals surface area contributed by atoms with Crippen molar-refractivity contribution in [3.05, 3.63) is 0 Å². The average Bonchev–Trinajstić information content (AvgIpc) is 2.62. The van der Waals surface area contributed by atoms with Crippen LogP contribution in [0, 0.1) is 5.92 Å². The predicted molar refractivity (Wildman–Crippen MR) is 73.5 cm³/mol. The Morgan fingerprint density at radius 2 is 2.06 bits per heavy atom. The Bertz CT molecular complexity index is 262. The Kier molecular flexibility index (Phi) is 5.45. The van der Waals surface area contributed by atoms with Gasteiger partial charge in [-0.1, -0.05) is 6.92 Å². The van der Waals surface area contributed by atoms with Gasteiger partial charge in [0.2, 0.25) is 5.91 Å². The highest BCUT2D eigenvalue weighted by Gasteiger charge is 2.30. The fourth-order valence-electron chi connectivity index (χ4n) is 3.09. The van der Waals surface area contributed by atoms with Gasteiger partial charge in [-0.05, 0) is 64.2 Å². The van der Waals surface area contributed by atoms with Crippen molar-refractivity contribution in [1.29, 1.82) is 0 Å². The average molecular weight is 253 g/mol. The molecule has 0 aromatic rings. The van der Waals surface area contributed by atoms with E-state index in [4.69, 9.17) is 0 Å². The predicted octanol–water partition coefficient (Wildman–Crippen LogP) is 0.977. The lowest BCUT2D eigenvalue weighted by Crippen LogP contribution is -2.49. The SMILES string of the molecule is CCNCC1CCN(C2CCCCNC2=O)CC1. The highest BCUT2D eigenvalue weighted by molar-refractivity contribution is 5.81. The van der Waals surface area contributed by atoms with E-state index in [1.165, 1.54) is 19.3 Å². The summed E-state index contributed by atoms with van der Waals surface area (Å²) in [6.07, 6.45) is 5.83. The van der Waals surface area contributed by atoms with Gasteiger partial charge in [0.05, 0.1) is 6.04 Å². The number of nitrogens with one attached hydrogen (secondary N) is 2. The van der Waals surface area contributed by atoms with Crippen molar-refractivity contribution >= 4 is 5.91 Å². The summed E-state index contributed by atoms with van der Waals surface area (Å²) in [6, 6.07) is 0.146. The van der Waals surface area contributed by atoms with Crippen molar-refractivity contribution in [2.75, 3.05) is 32.7 Å². The second kappa shape index (κ2) is 7.10. The molecule has 2 N–H and O–H groups in total. The number of carbonyl (C=O) groups is 1. The standard InChI is InChI=1S/C14H27N3O/c1-2-15-11-12-6-9-17(10-7-12)13-5-3-4-8-16-14(13)18/h12-13,15H,2-11H2,1H3,(H,16,18). The van der Waals surface area contributed by atoms with Crippen LogP contribution in [0.15, 0.2) is 0 Å². The molecule has 0 radical (unpaired) electrons. The van der Waals surface area contributed by atoms with Crippen molar-refractivity contribution in [3.63, 3.8) is 0 Å². The third-order valence-corrected chi connectivity index (χ3v) is 4.28. The van der Waals surface area contributed by atoms with E-state index >= 15 is 0 Å². The molecule has 2 rings (SSSR count). The number of rotatable bonds is 4. The molecular weight excluding hydrogens is 226 g/mol. The maximum Gasteiger partial charge on any atom is 0.237 e. The van der Waals surface area contributed by atoms with Crippen LogP contribution in [0.3, 0.4) is 0 Å². The number of likely N-dealkylation sites (tertiary alicyclic amines) is 1. The highest BCUT2D eigenvalue weighted by atomic mass is 16.2. The second-order valence-electron chi connectivity index (χ2n) is 5.59. The lowest BCUT2D eigenvalue weighted by Gasteiger charge is -2.36. The molecule has 2 heterocycles. The molecule has 4 heteroatoms. The summed E-state index contributed by atoms with van der Waals surface area (Å²) in [6.45, 7) is 7.41. The minimum Gasteiger partial charge on any atom is -0.355 e. The van der Waals surface area contributed by atoms with E-state index in [9.17, 15) is 4.79 Å². The van der Waals surface area contributed by atoms with Crippen LogP contribution in [0.4, 0.5) is 0 Å². The number of hydrogen-bond donors (Lipinski definition) is 2. The third kappa shape index (κ3) is 3.69. The molecule has 2 fully saturated rings. The summed E-state index contributed by atoms with van der Waals surface area (Å²) in [7, 11) is 0. The fraction of sp³-hybridized carbons (Fsp3) is 0.929. The summed E-state index contributed by atoms with van der Waals surface area (Å²) in [5.74, 6) is 1.06. The lowest BCUT2D eigenvalue weighted by atomic mass is 9.94. The van der Waals surface area contributed by atoms with Crippen LogP contribution in [-0.4, -0.2) is 49.6 Å². The Morgan fingerprint density at radius 1 is 1.28 bits per heavy atom. The molecule has 2 aliphatic heterocycles. The van der Waals surface area contributed by atoms with Gasteiger partial charge in [-0.25, -0.2) is 0 Å². The first-order valence-electron chi connectivity index (χ1n) is 7.53. The first-order chi connectivity index (χ1) is 8.81. The number of piperidine rings is 1. The Labute approximate surface area is 110 Å². The molecule has 0 saturated carbocycles. The third-order valence-electron chi connectivity index (χ3n) is 4.28. The summed E-state index contributed by atoms with van der Waals surface area (Å²) in [5, 5.41) is 6.48. The molecule has 2 saturated heterocycles. The number of nitrogens with zero attached hydrogens (tertiary/aromatic N) is 1. The number of hydrogen-bond acceptors (Lipinski definition) is 3. The molecule has 2 aliphatic rings. The van der Waals surface area contributed by atoms with Crippen LogP contribution in [-0.2, 0) is 4.79 Å². The largest absolute Gasteiger partial charge is 0.355 e. The molecule has 1 atom stereocenters. The monoisotopic (exact) mass is 253 g/mol. The van der Waals surface area contributed by atoms with Crippen molar-refractivity contribution in [2.24, 2.45) is 5.92 Å². The van der Waals surface area contributed by atoms with Gasteiger partial charge < -0.3 is 10.6 Å². The molecule has 0 aromatic carbocycles. The van der Waals surface area contributed by atoms with Crippen LogP contribution < -0.4 is 10.6 Å². The highest BCUT2D eigenvalue weighted by Crippen LogP contribution is 2.21. The Balaban J connectivity index is 1.79. The van der Waals surface area contributed by atoms with Crippen molar-refractivity contribution in [3.8, 4) is 0 Å². The van der Waals surface area contributed by atoms with E-state index in [0.717, 1.165) is 51.5 Å². The lowest BCUT2D eigenvalue weighted by molar-refractivity contribution is -0.126. The summed E-state index contributed by atoms with van der Waals surface area (Å²) in [5.41, 5.74) is 0. The van der Waals surface area contributed by atoms with E-state index < -0.39 is 0 Å². The maximum absolute atomic E-state index is 12.0. The van der Waals surface area contributed by atoms with Crippen LogP contribution in [0.5, 0.6) is 0 Å². The first kappa shape index (κ1) is 13.8. The van der Waals surface area contributed by atoms with E-state index in [2.05, 4.69) is 22.5 Å². The molecule has 4 nitrogen and oxygen atoms in total. The van der Waals surface area contributed by atoms with Crippen molar-refractivity contribution in [2.45, 2.75) is 45.1 Å². The normalized spacial score (nSPS) is 27.8. The van der Waals surface area contributed by atoms with Gasteiger partial charge in [-0.2, -0.15) is 0 Å². The van der Waals surface area contributed by atoms with Gasteiger partial charge in [0, 0.05) is 6.54 Å². The van der Waals surface area contributed by atoms with E-state index in [0.29, 0.717) is 0 Å². The van der Waals surface area contributed by atoms with E-state index in [1.54, 1.807) is 0 Å². The Morgan fingerprint density at radius 3 is 2.78 bits per heavy atom. The molecule has 0 aromatic heterocycles. The zero-order chi connectivity index (χ0) is 12.8. The van der Waals surface area contributed by atoms with Gasteiger partial charge in [0.15, 0.2) is 0 Å². The van der Waals surface area contributed by atoms with Crippen LogP contribution in [0.25, 0.3) is 0 Å². The van der Waals surface area contributed by atoms with Gasteiger partial charge >= 0.3 is 0 Å². The summed E-state index contributed by atoms with van der Waals surface area (Å²) >= 11 is 0. The molecular formula is C14H27N3O. The zero-order valence-electron chi connectivity index (χ0n) is 11.6. The van der Waals surface area contributed by atoms with Crippen LogP contribution in [0.2, 0.25) is 0 Å². The zero-order valence-corrected chi connectivity index (χ0v) is 11.6. The fourth-order valence-corrected chi connectivity index (χ4v) is 3.09. The molecule has 0 bridgehead atoms. The molecule has 1 amide bonds. The quantitative estimate of drug-likeness (QED) is 0.785. The smallest absolute Gasteiger partial charge is 0.237 e. The topological polar surface area (TPSA) is 44.4 Å². The molecule has 0 aliphatic carbocycles. The van der Waals surface area contributed by atoms with Crippen LogP contribution in [0.1, 0.15) is 39.0 Å². The Hall–Kier alpha value is -0.610. The van der Waals surface area contributed by atoms with Gasteiger partial charge in [-0.3, -0.25) is 9.69 Å². The molecule has 104 valence electrons. The van der Waals surface area contributed by atoms with E-state index in [1.807, 2.05) is 0 Å². The van der Waals surface area contributed by atoms with Gasteiger partial charge in [0.1, 0.15) is 0 Å². The number of carbonyl (C=O) groups excluding carboxylic acids is 1. The molecule has 0 spiro atoms. The molecule has 18 heavy (non-hydrogen) atoms. The van der Waals surface area contributed by atoms with Crippen molar-refractivity contribution in [1.82, 2.24) is 15.5 Å². The second-order valence-corrected chi connectivity index (χ2v) is 5.59. The maximum atomic E-state index is 12.0. The first-order valence-corrected chi connectivity index (χ1v) is 7.53. The number of amides is 1.